The van der Waals surface area contributed by atoms with Crippen molar-refractivity contribution in [2.45, 2.75) is 39.6 Å². The molecule has 0 aromatic rings. The highest BCUT2D eigenvalue weighted by molar-refractivity contribution is 5.75. The summed E-state index contributed by atoms with van der Waals surface area (Å²) in [6.07, 6.45) is 0.104. The van der Waals surface area contributed by atoms with Crippen molar-refractivity contribution in [2.75, 3.05) is 0 Å². The monoisotopic (exact) mass is 158 g/mol. The molecule has 1 heterocycles. The van der Waals surface area contributed by atoms with Crippen LogP contribution in [-0.4, -0.2) is 18.4 Å². The topological polar surface area (TPSA) is 35.5 Å². The predicted octanol–water partition coefficient (Wildman–Crippen LogP) is 1.32. The molecule has 64 valence electrons. The average Bonchev–Trinajstić information content (AvgIpc) is 2.10. The highest BCUT2D eigenvalue weighted by atomic mass is 16.7. The quantitative estimate of drug-likeness (QED) is 0.568. The van der Waals surface area contributed by atoms with Crippen molar-refractivity contribution in [1.82, 2.24) is 0 Å². The molecule has 3 nitrogen and oxygen atoms in total. The van der Waals surface area contributed by atoms with Gasteiger partial charge in [-0.2, -0.15) is 0 Å². The Hall–Kier alpha value is -0.570. The van der Waals surface area contributed by atoms with Crippen molar-refractivity contribution in [1.29, 1.82) is 0 Å². The first-order valence-corrected chi connectivity index (χ1v) is 3.95. The third kappa shape index (κ3) is 2.19. The lowest BCUT2D eigenvalue weighted by Gasteiger charge is -2.10. The zero-order valence-electron chi connectivity index (χ0n) is 7.16. The van der Waals surface area contributed by atoms with Crippen LogP contribution in [-0.2, 0) is 14.3 Å². The Morgan fingerprint density at radius 1 is 1.55 bits per heavy atom. The van der Waals surface area contributed by atoms with Crippen molar-refractivity contribution in [3.8, 4) is 0 Å². The SMILES string of the molecule is CC(C)C[C@@H]1OC(=O)[C@H](C)O1. The second-order valence-corrected chi connectivity index (χ2v) is 3.27. The predicted molar refractivity (Wildman–Crippen MR) is 39.9 cm³/mol. The molecule has 0 aromatic heterocycles. The van der Waals surface area contributed by atoms with Crippen LogP contribution < -0.4 is 0 Å². The number of rotatable bonds is 2. The lowest BCUT2D eigenvalue weighted by atomic mass is 10.1. The van der Waals surface area contributed by atoms with E-state index in [4.69, 9.17) is 9.47 Å². The maximum Gasteiger partial charge on any atom is 0.337 e. The van der Waals surface area contributed by atoms with E-state index in [-0.39, 0.29) is 18.4 Å². The third-order valence-electron chi connectivity index (χ3n) is 1.60. The Morgan fingerprint density at radius 3 is 2.55 bits per heavy atom. The smallest absolute Gasteiger partial charge is 0.337 e. The minimum Gasteiger partial charge on any atom is -0.434 e. The van der Waals surface area contributed by atoms with Crippen LogP contribution in [0.1, 0.15) is 27.2 Å². The van der Waals surface area contributed by atoms with Crippen LogP contribution >= 0.6 is 0 Å². The van der Waals surface area contributed by atoms with E-state index in [1.807, 2.05) is 0 Å². The summed E-state index contributed by atoms with van der Waals surface area (Å²) in [6.45, 7) is 5.85. The fraction of sp³-hybridized carbons (Fsp3) is 0.875. The molecule has 0 spiro atoms. The van der Waals surface area contributed by atoms with Gasteiger partial charge in [0.15, 0.2) is 6.10 Å². The summed E-state index contributed by atoms with van der Waals surface area (Å²) in [5, 5.41) is 0. The molecule has 0 unspecified atom stereocenters. The summed E-state index contributed by atoms with van der Waals surface area (Å²) in [6, 6.07) is 0. The molecule has 0 N–H and O–H groups in total. The summed E-state index contributed by atoms with van der Waals surface area (Å²) < 4.78 is 10.1. The molecule has 0 amide bonds. The Bertz CT molecular complexity index is 153. The fourth-order valence-electron chi connectivity index (χ4n) is 1.02. The van der Waals surface area contributed by atoms with Gasteiger partial charge in [-0.05, 0) is 12.8 Å². The Balaban J connectivity index is 2.35. The van der Waals surface area contributed by atoms with Gasteiger partial charge in [0.05, 0.1) is 0 Å². The number of carbonyl (C=O) groups excluding carboxylic acids is 1. The van der Waals surface area contributed by atoms with Crippen LogP contribution in [0.2, 0.25) is 0 Å². The first-order valence-electron chi connectivity index (χ1n) is 3.95. The van der Waals surface area contributed by atoms with Gasteiger partial charge in [-0.15, -0.1) is 0 Å². The standard InChI is InChI=1S/C8H14O3/c1-5(2)4-7-10-6(3)8(9)11-7/h5-7H,4H2,1-3H3/t6-,7-/m0/s1. The molecule has 1 saturated heterocycles. The van der Waals surface area contributed by atoms with E-state index in [1.165, 1.54) is 0 Å². The van der Waals surface area contributed by atoms with E-state index < -0.39 is 0 Å². The molecule has 0 radical (unpaired) electrons. The molecular weight excluding hydrogens is 144 g/mol. The second kappa shape index (κ2) is 3.22. The van der Waals surface area contributed by atoms with Gasteiger partial charge in [0.2, 0.25) is 6.29 Å². The molecule has 3 heteroatoms. The molecule has 1 rings (SSSR count). The summed E-state index contributed by atoms with van der Waals surface area (Å²) in [5.41, 5.74) is 0. The number of cyclic esters (lactones) is 1. The van der Waals surface area contributed by atoms with E-state index in [0.29, 0.717) is 5.92 Å². The summed E-state index contributed by atoms with van der Waals surface area (Å²) in [4.78, 5) is 10.8. The van der Waals surface area contributed by atoms with Crippen molar-refractivity contribution >= 4 is 5.97 Å². The normalized spacial score (nSPS) is 31.1. The molecular formula is C8H14O3. The van der Waals surface area contributed by atoms with Gasteiger partial charge < -0.3 is 9.47 Å². The van der Waals surface area contributed by atoms with Gasteiger partial charge in [0.1, 0.15) is 0 Å². The van der Waals surface area contributed by atoms with Gasteiger partial charge in [0.25, 0.3) is 0 Å². The van der Waals surface area contributed by atoms with Crippen LogP contribution in [0.5, 0.6) is 0 Å². The van der Waals surface area contributed by atoms with Gasteiger partial charge in [-0.3, -0.25) is 0 Å². The highest BCUT2D eigenvalue weighted by Crippen LogP contribution is 2.18. The maximum absolute atomic E-state index is 10.8. The molecule has 2 atom stereocenters. The Kier molecular flexibility index (Phi) is 2.49. The second-order valence-electron chi connectivity index (χ2n) is 3.27. The Morgan fingerprint density at radius 2 is 2.18 bits per heavy atom. The summed E-state index contributed by atoms with van der Waals surface area (Å²) in [5.74, 6) is 0.258. The molecule has 0 saturated carbocycles. The molecule has 1 fully saturated rings. The first kappa shape index (κ1) is 8.53. The number of esters is 1. The van der Waals surface area contributed by atoms with E-state index >= 15 is 0 Å². The number of hydrogen-bond acceptors (Lipinski definition) is 3. The maximum atomic E-state index is 10.8. The van der Waals surface area contributed by atoms with Gasteiger partial charge in [0, 0.05) is 6.42 Å². The number of hydrogen-bond donors (Lipinski definition) is 0. The van der Waals surface area contributed by atoms with Crippen LogP contribution in [0, 0.1) is 5.92 Å². The average molecular weight is 158 g/mol. The minimum absolute atomic E-state index is 0.240. The van der Waals surface area contributed by atoms with Gasteiger partial charge in [-0.25, -0.2) is 4.79 Å². The largest absolute Gasteiger partial charge is 0.434 e. The van der Waals surface area contributed by atoms with E-state index in [9.17, 15) is 4.79 Å². The number of carbonyl (C=O) groups is 1. The molecule has 0 bridgehead atoms. The molecule has 1 aliphatic heterocycles. The number of ether oxygens (including phenoxy) is 2. The van der Waals surface area contributed by atoms with Gasteiger partial charge >= 0.3 is 5.97 Å². The lowest BCUT2D eigenvalue weighted by Crippen LogP contribution is -2.12. The zero-order valence-corrected chi connectivity index (χ0v) is 7.16. The van der Waals surface area contributed by atoms with E-state index in [2.05, 4.69) is 13.8 Å². The Labute approximate surface area is 66.7 Å². The van der Waals surface area contributed by atoms with Crippen molar-refractivity contribution in [2.24, 2.45) is 5.92 Å². The van der Waals surface area contributed by atoms with E-state index in [0.717, 1.165) is 6.42 Å². The summed E-state index contributed by atoms with van der Waals surface area (Å²) in [7, 11) is 0. The van der Waals surface area contributed by atoms with Crippen molar-refractivity contribution in [3.05, 3.63) is 0 Å². The molecule has 1 aliphatic rings. The minimum atomic E-state index is -0.376. The summed E-state index contributed by atoms with van der Waals surface area (Å²) >= 11 is 0. The van der Waals surface area contributed by atoms with Crippen LogP contribution in [0.3, 0.4) is 0 Å². The van der Waals surface area contributed by atoms with E-state index in [1.54, 1.807) is 6.92 Å². The van der Waals surface area contributed by atoms with Gasteiger partial charge in [-0.1, -0.05) is 13.8 Å². The fourth-order valence-corrected chi connectivity index (χ4v) is 1.02. The van der Waals surface area contributed by atoms with Crippen LogP contribution in [0.4, 0.5) is 0 Å². The lowest BCUT2D eigenvalue weighted by molar-refractivity contribution is -0.144. The third-order valence-corrected chi connectivity index (χ3v) is 1.60. The van der Waals surface area contributed by atoms with Crippen LogP contribution in [0.25, 0.3) is 0 Å². The van der Waals surface area contributed by atoms with Crippen molar-refractivity contribution < 1.29 is 14.3 Å². The molecule has 0 aliphatic carbocycles. The van der Waals surface area contributed by atoms with Crippen LogP contribution in [0.15, 0.2) is 0 Å². The first-order chi connectivity index (χ1) is 5.09. The highest BCUT2D eigenvalue weighted by Gasteiger charge is 2.31. The molecule has 11 heavy (non-hydrogen) atoms. The zero-order chi connectivity index (χ0) is 8.43. The van der Waals surface area contributed by atoms with Crippen molar-refractivity contribution in [3.63, 3.8) is 0 Å². The molecule has 0 aromatic carbocycles.